The van der Waals surface area contributed by atoms with Crippen LogP contribution in [0.25, 0.3) is 17.1 Å². The zero-order chi connectivity index (χ0) is 15.1. The van der Waals surface area contributed by atoms with Crippen molar-refractivity contribution in [1.29, 1.82) is 0 Å². The third kappa shape index (κ3) is 2.35. The highest BCUT2D eigenvalue weighted by Gasteiger charge is 2.09. The van der Waals surface area contributed by atoms with Crippen LogP contribution in [0.1, 0.15) is 33.5 Å². The number of pyridine rings is 1. The first kappa shape index (κ1) is 13.3. The van der Waals surface area contributed by atoms with Gasteiger partial charge in [-0.2, -0.15) is 0 Å². The highest BCUT2D eigenvalue weighted by molar-refractivity contribution is 5.77. The molecule has 1 aliphatic carbocycles. The second kappa shape index (κ2) is 5.13. The number of benzene rings is 1. The van der Waals surface area contributed by atoms with Crippen molar-refractivity contribution in [2.75, 3.05) is 0 Å². The zero-order valence-corrected chi connectivity index (χ0v) is 13.1. The molecule has 0 radical (unpaired) electrons. The number of hydrogen-bond donors (Lipinski definition) is 1. The number of aryl methyl sites for hydroxylation is 4. The molecule has 0 fully saturated rings. The lowest BCUT2D eigenvalue weighted by Crippen LogP contribution is -1.97. The minimum absolute atomic E-state index is 0.986. The lowest BCUT2D eigenvalue weighted by Gasteiger charge is -2.09. The van der Waals surface area contributed by atoms with Crippen molar-refractivity contribution in [3.8, 4) is 0 Å². The van der Waals surface area contributed by atoms with E-state index in [2.05, 4.69) is 60.2 Å². The van der Waals surface area contributed by atoms with Gasteiger partial charge in [0.05, 0.1) is 0 Å². The molecule has 0 saturated heterocycles. The molecule has 1 N–H and O–H groups in total. The summed E-state index contributed by atoms with van der Waals surface area (Å²) in [6, 6.07) is 9.13. The van der Waals surface area contributed by atoms with E-state index in [0.717, 1.165) is 24.9 Å². The van der Waals surface area contributed by atoms with Gasteiger partial charge in [-0.25, -0.2) is 4.98 Å². The topological polar surface area (TPSA) is 28.7 Å². The van der Waals surface area contributed by atoms with Gasteiger partial charge in [0.25, 0.3) is 0 Å². The van der Waals surface area contributed by atoms with Crippen molar-refractivity contribution in [2.24, 2.45) is 0 Å². The van der Waals surface area contributed by atoms with Crippen LogP contribution in [-0.4, -0.2) is 9.97 Å². The Labute approximate surface area is 130 Å². The molecule has 2 aromatic heterocycles. The molecule has 2 heteroatoms. The fourth-order valence-electron chi connectivity index (χ4n) is 3.36. The molecule has 2 nitrogen and oxygen atoms in total. The second-order valence-corrected chi connectivity index (χ2v) is 6.32. The van der Waals surface area contributed by atoms with Gasteiger partial charge in [0.15, 0.2) is 0 Å². The molecule has 1 aliphatic rings. The molecule has 0 saturated carbocycles. The molecule has 110 valence electrons. The smallest absolute Gasteiger partial charge is 0.137 e. The monoisotopic (exact) mass is 288 g/mol. The van der Waals surface area contributed by atoms with Gasteiger partial charge in [-0.15, -0.1) is 0 Å². The molecular weight excluding hydrogens is 268 g/mol. The van der Waals surface area contributed by atoms with Crippen LogP contribution in [0.2, 0.25) is 0 Å². The molecule has 1 aromatic carbocycles. The number of nitrogens with zero attached hydrogens (tertiary/aromatic N) is 1. The zero-order valence-electron chi connectivity index (χ0n) is 13.1. The standard InChI is InChI=1S/C20H20N2/c1-13-8-17-4-3-5-18(17)11-16(13)7-6-15-10-19-9-14(2)22-20(19)21-12-15/h3,5,8-12H,4,6-7H2,1-2H3,(H,21,22). The van der Waals surface area contributed by atoms with Crippen molar-refractivity contribution in [2.45, 2.75) is 33.1 Å². The average Bonchev–Trinajstić information content (AvgIpc) is 3.08. The summed E-state index contributed by atoms with van der Waals surface area (Å²) in [7, 11) is 0. The predicted molar refractivity (Wildman–Crippen MR) is 92.2 cm³/mol. The molecule has 2 heterocycles. The fourth-order valence-corrected chi connectivity index (χ4v) is 3.36. The normalized spacial score (nSPS) is 13.0. The fraction of sp³-hybridized carbons (Fsp3) is 0.250. The number of aromatic nitrogens is 2. The van der Waals surface area contributed by atoms with Crippen molar-refractivity contribution in [3.05, 3.63) is 70.0 Å². The van der Waals surface area contributed by atoms with Gasteiger partial charge in [-0.1, -0.05) is 24.3 Å². The quantitative estimate of drug-likeness (QED) is 0.753. The van der Waals surface area contributed by atoms with Gasteiger partial charge in [-0.05, 0) is 73.1 Å². The summed E-state index contributed by atoms with van der Waals surface area (Å²) >= 11 is 0. The first-order valence-corrected chi connectivity index (χ1v) is 7.92. The van der Waals surface area contributed by atoms with Crippen molar-refractivity contribution < 1.29 is 0 Å². The van der Waals surface area contributed by atoms with Gasteiger partial charge < -0.3 is 4.98 Å². The second-order valence-electron chi connectivity index (χ2n) is 6.32. The lowest BCUT2D eigenvalue weighted by atomic mass is 9.96. The van der Waals surface area contributed by atoms with Crippen molar-refractivity contribution in [1.82, 2.24) is 9.97 Å². The maximum atomic E-state index is 4.53. The number of aromatic amines is 1. The van der Waals surface area contributed by atoms with E-state index < -0.39 is 0 Å². The maximum Gasteiger partial charge on any atom is 0.137 e. The summed E-state index contributed by atoms with van der Waals surface area (Å²) in [6.07, 6.45) is 9.69. The van der Waals surface area contributed by atoms with Crippen LogP contribution in [0.5, 0.6) is 0 Å². The number of allylic oxidation sites excluding steroid dienone is 1. The Morgan fingerprint density at radius 2 is 2.00 bits per heavy atom. The Bertz CT molecular complexity index is 884. The van der Waals surface area contributed by atoms with Gasteiger partial charge in [0.1, 0.15) is 5.65 Å². The minimum atomic E-state index is 0.986. The van der Waals surface area contributed by atoms with E-state index in [4.69, 9.17) is 0 Å². The largest absolute Gasteiger partial charge is 0.344 e. The molecule has 0 atom stereocenters. The molecule has 4 rings (SSSR count). The first-order valence-electron chi connectivity index (χ1n) is 7.92. The predicted octanol–water partition coefficient (Wildman–Crippen LogP) is 4.53. The van der Waals surface area contributed by atoms with E-state index in [1.165, 1.54) is 38.9 Å². The minimum Gasteiger partial charge on any atom is -0.344 e. The Morgan fingerprint density at radius 1 is 1.09 bits per heavy atom. The number of H-pyrrole nitrogens is 1. The lowest BCUT2D eigenvalue weighted by molar-refractivity contribution is 0.941. The van der Waals surface area contributed by atoms with E-state index >= 15 is 0 Å². The number of hydrogen-bond acceptors (Lipinski definition) is 1. The highest BCUT2D eigenvalue weighted by Crippen LogP contribution is 2.25. The average molecular weight is 288 g/mol. The Morgan fingerprint density at radius 3 is 2.91 bits per heavy atom. The van der Waals surface area contributed by atoms with E-state index in [-0.39, 0.29) is 0 Å². The summed E-state index contributed by atoms with van der Waals surface area (Å²) in [6.45, 7) is 4.30. The number of rotatable bonds is 3. The Hall–Kier alpha value is -2.35. The third-order valence-corrected chi connectivity index (χ3v) is 4.58. The third-order valence-electron chi connectivity index (χ3n) is 4.58. The maximum absolute atomic E-state index is 4.53. The first-order chi connectivity index (χ1) is 10.7. The molecular formula is C20H20N2. The van der Waals surface area contributed by atoms with Crippen LogP contribution in [0.3, 0.4) is 0 Å². The summed E-state index contributed by atoms with van der Waals surface area (Å²) in [5.74, 6) is 0. The molecule has 22 heavy (non-hydrogen) atoms. The van der Waals surface area contributed by atoms with Crippen LogP contribution < -0.4 is 0 Å². The van der Waals surface area contributed by atoms with Gasteiger partial charge >= 0.3 is 0 Å². The molecule has 0 amide bonds. The van der Waals surface area contributed by atoms with Crippen LogP contribution in [-0.2, 0) is 19.3 Å². The van der Waals surface area contributed by atoms with Gasteiger partial charge in [0, 0.05) is 17.3 Å². The van der Waals surface area contributed by atoms with Crippen molar-refractivity contribution in [3.63, 3.8) is 0 Å². The Kier molecular flexibility index (Phi) is 3.11. The molecule has 3 aromatic rings. The SMILES string of the molecule is Cc1cc2cc(CCc3cc4c(cc3C)CC=C4)cnc2[nH]1. The van der Waals surface area contributed by atoms with Crippen molar-refractivity contribution >= 4 is 17.1 Å². The van der Waals surface area contributed by atoms with E-state index in [9.17, 15) is 0 Å². The molecule has 0 spiro atoms. The van der Waals surface area contributed by atoms with E-state index in [0.29, 0.717) is 0 Å². The number of fused-ring (bicyclic) bond motifs is 2. The summed E-state index contributed by atoms with van der Waals surface area (Å²) < 4.78 is 0. The Balaban J connectivity index is 1.57. The van der Waals surface area contributed by atoms with Gasteiger partial charge in [0.2, 0.25) is 0 Å². The van der Waals surface area contributed by atoms with E-state index in [1.807, 2.05) is 6.20 Å². The molecule has 0 bridgehead atoms. The van der Waals surface area contributed by atoms with Gasteiger partial charge in [-0.3, -0.25) is 0 Å². The van der Waals surface area contributed by atoms with Crippen LogP contribution in [0.15, 0.2) is 36.5 Å². The summed E-state index contributed by atoms with van der Waals surface area (Å²) in [5, 5.41) is 1.21. The van der Waals surface area contributed by atoms with Crippen LogP contribution in [0, 0.1) is 13.8 Å². The summed E-state index contributed by atoms with van der Waals surface area (Å²) in [5.41, 5.74) is 9.19. The highest BCUT2D eigenvalue weighted by atomic mass is 14.8. The number of nitrogens with one attached hydrogen (secondary N) is 1. The summed E-state index contributed by atoms with van der Waals surface area (Å²) in [4.78, 5) is 7.81. The van der Waals surface area contributed by atoms with Crippen LogP contribution >= 0.6 is 0 Å². The van der Waals surface area contributed by atoms with Crippen LogP contribution in [0.4, 0.5) is 0 Å². The molecule has 0 aliphatic heterocycles. The molecule has 0 unspecified atom stereocenters. The van der Waals surface area contributed by atoms with E-state index in [1.54, 1.807) is 0 Å².